The highest BCUT2D eigenvalue weighted by molar-refractivity contribution is 9.10. The van der Waals surface area contributed by atoms with Gasteiger partial charge >= 0.3 is 5.97 Å². The molecule has 1 aromatic carbocycles. The summed E-state index contributed by atoms with van der Waals surface area (Å²) in [5.41, 5.74) is 2.22. The molecule has 0 aliphatic rings. The monoisotopic (exact) mass is 296 g/mol. The lowest BCUT2D eigenvalue weighted by atomic mass is 10.0. The normalized spacial score (nSPS) is 10.4. The Kier molecular flexibility index (Phi) is 3.12. The van der Waals surface area contributed by atoms with E-state index in [0.717, 1.165) is 20.5 Å². The molecule has 16 heavy (non-hydrogen) atoms. The Morgan fingerprint density at radius 1 is 1.38 bits per heavy atom. The molecule has 0 saturated carbocycles. The summed E-state index contributed by atoms with van der Waals surface area (Å²) in [7, 11) is 0. The van der Waals surface area contributed by atoms with Crippen LogP contribution in [-0.2, 0) is 0 Å². The van der Waals surface area contributed by atoms with Crippen molar-refractivity contribution in [2.45, 2.75) is 6.92 Å². The van der Waals surface area contributed by atoms with E-state index < -0.39 is 5.97 Å². The molecule has 0 amide bonds. The van der Waals surface area contributed by atoms with Crippen molar-refractivity contribution in [2.24, 2.45) is 0 Å². The van der Waals surface area contributed by atoms with E-state index in [-0.39, 0.29) is 0 Å². The van der Waals surface area contributed by atoms with E-state index in [2.05, 4.69) is 15.9 Å². The molecule has 0 bridgehead atoms. The number of carboxylic acid groups (broad SMARTS) is 1. The van der Waals surface area contributed by atoms with E-state index in [4.69, 9.17) is 5.11 Å². The van der Waals surface area contributed by atoms with Gasteiger partial charge in [-0.15, -0.1) is 11.3 Å². The zero-order valence-corrected chi connectivity index (χ0v) is 10.9. The molecule has 0 aliphatic heterocycles. The second-order valence-corrected chi connectivity index (χ2v) is 5.26. The first-order valence-electron chi connectivity index (χ1n) is 4.67. The van der Waals surface area contributed by atoms with Gasteiger partial charge in [0.05, 0.1) is 5.56 Å². The predicted molar refractivity (Wildman–Crippen MR) is 69.2 cm³/mol. The zero-order chi connectivity index (χ0) is 11.7. The van der Waals surface area contributed by atoms with Crippen LogP contribution in [0.5, 0.6) is 0 Å². The summed E-state index contributed by atoms with van der Waals surface area (Å²) < 4.78 is 0.780. The second kappa shape index (κ2) is 4.39. The highest BCUT2D eigenvalue weighted by atomic mass is 79.9. The minimum Gasteiger partial charge on any atom is -0.478 e. The van der Waals surface area contributed by atoms with Crippen LogP contribution in [-0.4, -0.2) is 11.1 Å². The summed E-state index contributed by atoms with van der Waals surface area (Å²) >= 11 is 4.85. The Morgan fingerprint density at radius 3 is 2.69 bits per heavy atom. The Labute approximate surface area is 106 Å². The van der Waals surface area contributed by atoms with E-state index in [1.165, 1.54) is 0 Å². The van der Waals surface area contributed by atoms with E-state index in [1.807, 2.05) is 30.5 Å². The van der Waals surface area contributed by atoms with E-state index in [9.17, 15) is 4.79 Å². The van der Waals surface area contributed by atoms with Gasteiger partial charge in [0, 0.05) is 14.9 Å². The third-order valence-corrected chi connectivity index (χ3v) is 3.86. The number of hydrogen-bond acceptors (Lipinski definition) is 2. The molecule has 4 heteroatoms. The summed E-state index contributed by atoms with van der Waals surface area (Å²) in [6.45, 7) is 1.99. The smallest absolute Gasteiger partial charge is 0.336 e. The first kappa shape index (κ1) is 11.4. The summed E-state index contributed by atoms with van der Waals surface area (Å²) in [5.74, 6) is -0.899. The average Bonchev–Trinajstić information content (AvgIpc) is 2.64. The molecule has 0 saturated heterocycles. The molecule has 0 fully saturated rings. The van der Waals surface area contributed by atoms with Crippen molar-refractivity contribution in [1.82, 2.24) is 0 Å². The number of carbonyl (C=O) groups is 1. The van der Waals surface area contributed by atoms with Gasteiger partial charge in [0.1, 0.15) is 0 Å². The summed E-state index contributed by atoms with van der Waals surface area (Å²) in [5, 5.41) is 11.1. The van der Waals surface area contributed by atoms with Crippen LogP contribution in [0.3, 0.4) is 0 Å². The third kappa shape index (κ3) is 2.03. The second-order valence-electron chi connectivity index (χ2n) is 3.43. The fourth-order valence-corrected chi connectivity index (χ4v) is 2.87. The van der Waals surface area contributed by atoms with Crippen molar-refractivity contribution in [2.75, 3.05) is 0 Å². The van der Waals surface area contributed by atoms with E-state index >= 15 is 0 Å². The lowest BCUT2D eigenvalue weighted by Crippen LogP contribution is -1.99. The maximum absolute atomic E-state index is 11.2. The molecule has 1 heterocycles. The molecule has 2 aromatic rings. The van der Waals surface area contributed by atoms with Gasteiger partial charge in [-0.3, -0.25) is 0 Å². The van der Waals surface area contributed by atoms with E-state index in [1.54, 1.807) is 17.4 Å². The van der Waals surface area contributed by atoms with Crippen LogP contribution >= 0.6 is 27.3 Å². The number of thiophene rings is 1. The molecule has 0 unspecified atom stereocenters. The van der Waals surface area contributed by atoms with Crippen LogP contribution in [0, 0.1) is 6.92 Å². The van der Waals surface area contributed by atoms with Crippen molar-refractivity contribution < 1.29 is 9.90 Å². The average molecular weight is 297 g/mol. The molecule has 1 N–H and O–H groups in total. The number of rotatable bonds is 2. The van der Waals surface area contributed by atoms with Crippen molar-refractivity contribution in [3.63, 3.8) is 0 Å². The number of benzene rings is 1. The Hall–Kier alpha value is -1.13. The maximum Gasteiger partial charge on any atom is 0.336 e. The largest absolute Gasteiger partial charge is 0.478 e. The van der Waals surface area contributed by atoms with Crippen LogP contribution in [0.25, 0.3) is 10.4 Å². The van der Waals surface area contributed by atoms with Gasteiger partial charge in [-0.2, -0.15) is 0 Å². The van der Waals surface area contributed by atoms with Gasteiger partial charge in [-0.05, 0) is 36.1 Å². The van der Waals surface area contributed by atoms with Crippen molar-refractivity contribution in [3.05, 3.63) is 45.2 Å². The zero-order valence-electron chi connectivity index (χ0n) is 8.53. The fourth-order valence-electron chi connectivity index (χ4n) is 1.54. The first-order chi connectivity index (χ1) is 7.59. The number of halogens is 1. The van der Waals surface area contributed by atoms with Gasteiger partial charge in [-0.1, -0.05) is 22.0 Å². The molecule has 2 rings (SSSR count). The highest BCUT2D eigenvalue weighted by Gasteiger charge is 2.14. The molecular weight excluding hydrogens is 288 g/mol. The van der Waals surface area contributed by atoms with Gasteiger partial charge in [0.25, 0.3) is 0 Å². The molecule has 2 nitrogen and oxygen atoms in total. The topological polar surface area (TPSA) is 37.3 Å². The maximum atomic E-state index is 11.2. The SMILES string of the molecule is Cc1ccsc1-c1ccc(Br)cc1C(=O)O. The van der Waals surface area contributed by atoms with Gasteiger partial charge in [-0.25, -0.2) is 4.79 Å². The van der Waals surface area contributed by atoms with Crippen molar-refractivity contribution >= 4 is 33.2 Å². The number of hydrogen-bond donors (Lipinski definition) is 1. The van der Waals surface area contributed by atoms with Crippen LogP contribution in [0.15, 0.2) is 34.1 Å². The fraction of sp³-hybridized carbons (Fsp3) is 0.0833. The lowest BCUT2D eigenvalue weighted by Gasteiger charge is -2.05. The third-order valence-electron chi connectivity index (χ3n) is 2.32. The molecule has 0 radical (unpaired) electrons. The number of aromatic carboxylic acids is 1. The van der Waals surface area contributed by atoms with Gasteiger partial charge < -0.3 is 5.11 Å². The molecule has 0 aliphatic carbocycles. The summed E-state index contributed by atoms with van der Waals surface area (Å²) in [6.07, 6.45) is 0. The van der Waals surface area contributed by atoms with E-state index in [0.29, 0.717) is 5.56 Å². The molecule has 1 aromatic heterocycles. The molecular formula is C12H9BrO2S. The standard InChI is InChI=1S/C12H9BrO2S/c1-7-4-5-16-11(7)9-3-2-8(13)6-10(9)12(14)15/h2-6H,1H3,(H,14,15). The highest BCUT2D eigenvalue weighted by Crippen LogP contribution is 2.33. The Bertz CT molecular complexity index is 546. The van der Waals surface area contributed by atoms with Crippen LogP contribution in [0.1, 0.15) is 15.9 Å². The summed E-state index contributed by atoms with van der Waals surface area (Å²) in [6, 6.07) is 7.33. The minimum atomic E-state index is -0.899. The first-order valence-corrected chi connectivity index (χ1v) is 6.34. The van der Waals surface area contributed by atoms with Crippen molar-refractivity contribution in [1.29, 1.82) is 0 Å². The molecule has 0 spiro atoms. The Balaban J connectivity index is 2.65. The Morgan fingerprint density at radius 2 is 2.12 bits per heavy atom. The minimum absolute atomic E-state index is 0.333. The molecule has 0 atom stereocenters. The number of carboxylic acids is 1. The van der Waals surface area contributed by atoms with Crippen LogP contribution in [0.4, 0.5) is 0 Å². The quantitative estimate of drug-likeness (QED) is 0.902. The molecule has 82 valence electrons. The predicted octanol–water partition coefficient (Wildman–Crippen LogP) is 4.18. The van der Waals surface area contributed by atoms with Crippen molar-refractivity contribution in [3.8, 4) is 10.4 Å². The van der Waals surface area contributed by atoms with Gasteiger partial charge in [0.2, 0.25) is 0 Å². The summed E-state index contributed by atoms with van der Waals surface area (Å²) in [4.78, 5) is 12.2. The lowest BCUT2D eigenvalue weighted by molar-refractivity contribution is 0.0697. The number of aryl methyl sites for hydroxylation is 1. The van der Waals surface area contributed by atoms with Crippen LogP contribution < -0.4 is 0 Å². The van der Waals surface area contributed by atoms with Gasteiger partial charge in [0.15, 0.2) is 0 Å². The van der Waals surface area contributed by atoms with Crippen LogP contribution in [0.2, 0.25) is 0 Å².